The fourth-order valence-electron chi connectivity index (χ4n) is 11.1. The van der Waals surface area contributed by atoms with Crippen LogP contribution in [-0.4, -0.2) is 95.4 Å². The number of ether oxygens (including phenoxy) is 7. The number of carbonyl (C=O) groups excluding carboxylic acids is 1. The normalized spacial score (nSPS) is 27.8. The predicted octanol–water partition coefficient (Wildman–Crippen LogP) is 8.03. The lowest BCUT2D eigenvalue weighted by Gasteiger charge is -2.62. The van der Waals surface area contributed by atoms with E-state index in [1.807, 2.05) is 34.6 Å². The summed E-state index contributed by atoms with van der Waals surface area (Å²) in [5.41, 5.74) is 6.44. The molecule has 2 saturated heterocycles. The van der Waals surface area contributed by atoms with Crippen molar-refractivity contribution >= 4 is 28.8 Å². The Morgan fingerprint density at radius 2 is 1.76 bits per heavy atom. The Morgan fingerprint density at radius 3 is 2.50 bits per heavy atom. The third-order valence-electron chi connectivity index (χ3n) is 13.5. The number of para-hydroxylation sites is 1. The van der Waals surface area contributed by atoms with Gasteiger partial charge < -0.3 is 43.2 Å². The van der Waals surface area contributed by atoms with E-state index in [1.54, 1.807) is 18.9 Å². The molecule has 1 aromatic heterocycles. The van der Waals surface area contributed by atoms with Gasteiger partial charge in [0.2, 0.25) is 6.79 Å². The summed E-state index contributed by atoms with van der Waals surface area (Å²) in [5, 5.41) is 17.6. The monoisotopic (exact) mass is 866 g/mol. The number of aliphatic hydroxyl groups is 1. The van der Waals surface area contributed by atoms with Crippen LogP contribution in [0.5, 0.6) is 28.7 Å². The van der Waals surface area contributed by atoms with Crippen LogP contribution in [0.1, 0.15) is 104 Å². The maximum Gasteiger partial charge on any atom is 0.514 e. The topological polar surface area (TPSA) is 136 Å². The summed E-state index contributed by atoms with van der Waals surface area (Å²) >= 11 is 1.73. The standard InChI is InChI=1S/C48H58N4O9S/c1-23-18-26-19-30-44(53)52-31-20-56-25(3)48(43-28(16-17-49-48)27-14-12-13-15-29(27)50-43)21-62-42(36(52)35(51(30)10)32(26)41(37(23)55-11)60-46(4,5)6)34-33(31)40-39(57-22-58-40)24(2)38(34)59-45(54)61-47(7,8)9/h12-15,18,30-31,35-36,42,44,49-50,53H,3,16-17,19-22H2,1-2,4-11H3/t30-,31-,35-,36?,42+,44-,48-/m0/s1. The molecule has 330 valence electrons. The van der Waals surface area contributed by atoms with E-state index < -0.39 is 46.5 Å². The summed E-state index contributed by atoms with van der Waals surface area (Å²) in [5.74, 6) is 3.87. The molecule has 7 aliphatic rings. The second kappa shape index (κ2) is 14.5. The second-order valence-corrected chi connectivity index (χ2v) is 20.7. The highest BCUT2D eigenvalue weighted by Gasteiger charge is 2.61. The molecule has 11 rings (SSSR count). The molecule has 62 heavy (non-hydrogen) atoms. The van der Waals surface area contributed by atoms with Crippen molar-refractivity contribution in [2.45, 2.75) is 121 Å². The molecule has 2 fully saturated rings. The number of thioether (sulfide) groups is 1. The van der Waals surface area contributed by atoms with Gasteiger partial charge in [0.15, 0.2) is 23.0 Å². The van der Waals surface area contributed by atoms with Crippen molar-refractivity contribution in [3.63, 3.8) is 0 Å². The molecule has 7 aliphatic heterocycles. The maximum atomic E-state index is 13.9. The number of benzene rings is 3. The van der Waals surface area contributed by atoms with Crippen LogP contribution in [-0.2, 0) is 27.9 Å². The number of nitrogens with zero attached hydrogens (tertiary/aromatic N) is 2. The van der Waals surface area contributed by atoms with E-state index in [-0.39, 0.29) is 25.5 Å². The average molecular weight is 867 g/mol. The van der Waals surface area contributed by atoms with Crippen LogP contribution in [0.2, 0.25) is 0 Å². The van der Waals surface area contributed by atoms with Crippen molar-refractivity contribution in [1.82, 2.24) is 20.1 Å². The van der Waals surface area contributed by atoms with Gasteiger partial charge in [-0.15, -0.1) is 11.8 Å². The van der Waals surface area contributed by atoms with Gasteiger partial charge in [-0.1, -0.05) is 30.8 Å². The first-order valence-corrected chi connectivity index (χ1v) is 22.7. The highest BCUT2D eigenvalue weighted by atomic mass is 32.2. The average Bonchev–Trinajstić information content (AvgIpc) is 3.85. The highest BCUT2D eigenvalue weighted by Crippen LogP contribution is 2.65. The van der Waals surface area contributed by atoms with Crippen molar-refractivity contribution in [3.8, 4) is 28.7 Å². The summed E-state index contributed by atoms with van der Waals surface area (Å²) in [6, 6.07) is 8.98. The number of piperazine rings is 1. The highest BCUT2D eigenvalue weighted by molar-refractivity contribution is 7.99. The van der Waals surface area contributed by atoms with Gasteiger partial charge in [0.05, 0.1) is 30.5 Å². The lowest BCUT2D eigenvalue weighted by atomic mass is 9.73. The quantitative estimate of drug-likeness (QED) is 0.136. The maximum absolute atomic E-state index is 13.9. The Morgan fingerprint density at radius 1 is 1.00 bits per heavy atom. The molecule has 1 unspecified atom stereocenters. The number of hydrogen-bond acceptors (Lipinski definition) is 13. The molecule has 3 N–H and O–H groups in total. The minimum atomic E-state index is -0.932. The second-order valence-electron chi connectivity index (χ2n) is 19.6. The van der Waals surface area contributed by atoms with Crippen LogP contribution in [0.3, 0.4) is 0 Å². The minimum absolute atomic E-state index is 0.00716. The first kappa shape index (κ1) is 41.4. The molecule has 0 saturated carbocycles. The lowest BCUT2D eigenvalue weighted by molar-refractivity contribution is -0.180. The fraction of sp³-hybridized carbons (Fsp3) is 0.521. The molecule has 13 nitrogen and oxygen atoms in total. The number of aliphatic hydroxyl groups excluding tert-OH is 1. The molecule has 7 atom stereocenters. The van der Waals surface area contributed by atoms with Crippen molar-refractivity contribution < 1.29 is 43.1 Å². The van der Waals surface area contributed by atoms with E-state index in [0.717, 1.165) is 45.4 Å². The van der Waals surface area contributed by atoms with Gasteiger partial charge >= 0.3 is 6.16 Å². The van der Waals surface area contributed by atoms with Crippen LogP contribution >= 0.6 is 11.8 Å². The van der Waals surface area contributed by atoms with Gasteiger partial charge in [-0.2, -0.15) is 0 Å². The molecule has 1 spiro atoms. The van der Waals surface area contributed by atoms with Crippen molar-refractivity contribution in [2.24, 2.45) is 0 Å². The molecular weight excluding hydrogens is 809 g/mol. The first-order chi connectivity index (χ1) is 29.4. The molecule has 0 aliphatic carbocycles. The Hall–Kier alpha value is -4.60. The van der Waals surface area contributed by atoms with E-state index >= 15 is 0 Å². The first-order valence-electron chi connectivity index (χ1n) is 21.6. The number of aromatic nitrogens is 1. The van der Waals surface area contributed by atoms with Crippen LogP contribution in [0, 0.1) is 13.8 Å². The van der Waals surface area contributed by atoms with E-state index in [1.165, 1.54) is 10.9 Å². The number of nitrogens with one attached hydrogen (secondary N) is 2. The van der Waals surface area contributed by atoms with Gasteiger partial charge in [0.1, 0.15) is 41.1 Å². The van der Waals surface area contributed by atoms with Crippen LogP contribution in [0.4, 0.5) is 4.79 Å². The summed E-state index contributed by atoms with van der Waals surface area (Å²) in [6.07, 6.45) is -0.328. The van der Waals surface area contributed by atoms with Crippen molar-refractivity contribution in [3.05, 3.63) is 87.3 Å². The van der Waals surface area contributed by atoms with E-state index in [9.17, 15) is 9.90 Å². The Labute approximate surface area is 367 Å². The molecule has 0 amide bonds. The fourth-order valence-corrected chi connectivity index (χ4v) is 12.8. The largest absolute Gasteiger partial charge is 0.514 e. The van der Waals surface area contributed by atoms with Gasteiger partial charge in [-0.25, -0.2) is 4.79 Å². The number of fused-ring (bicyclic) bond motifs is 11. The number of carbonyl (C=O) groups is 1. The van der Waals surface area contributed by atoms with Gasteiger partial charge in [-0.05, 0) is 98.0 Å². The number of aromatic amines is 1. The lowest BCUT2D eigenvalue weighted by Crippen LogP contribution is -2.69. The predicted molar refractivity (Wildman–Crippen MR) is 237 cm³/mol. The summed E-state index contributed by atoms with van der Waals surface area (Å²) in [6.45, 7) is 21.0. The number of rotatable bonds is 3. The van der Waals surface area contributed by atoms with Crippen molar-refractivity contribution in [1.29, 1.82) is 0 Å². The molecule has 4 bridgehead atoms. The smallest absolute Gasteiger partial charge is 0.494 e. The summed E-state index contributed by atoms with van der Waals surface area (Å²) in [7, 11) is 3.80. The Bertz CT molecular complexity index is 2520. The number of likely N-dealkylation sites (N-methyl/N-ethyl adjacent to an activating group) is 1. The summed E-state index contributed by atoms with van der Waals surface area (Å²) in [4.78, 5) is 22.2. The number of methoxy groups -OCH3 is 1. The Kier molecular flexibility index (Phi) is 9.66. The molecular formula is C48H58N4O9S. The molecule has 14 heteroatoms. The van der Waals surface area contributed by atoms with E-state index in [2.05, 4.69) is 84.8 Å². The zero-order chi connectivity index (χ0) is 43.8. The number of H-pyrrole nitrogens is 1. The van der Waals surface area contributed by atoms with Crippen LogP contribution < -0.4 is 29.0 Å². The van der Waals surface area contributed by atoms with Gasteiger partial charge in [-0.3, -0.25) is 15.1 Å². The molecule has 0 radical (unpaired) electrons. The van der Waals surface area contributed by atoms with E-state index in [4.69, 9.17) is 33.2 Å². The Balaban J connectivity index is 1.24. The minimum Gasteiger partial charge on any atom is -0.494 e. The van der Waals surface area contributed by atoms with Gasteiger partial charge in [0, 0.05) is 57.2 Å². The number of aryl methyl sites for hydroxylation is 1. The molecule has 8 heterocycles. The summed E-state index contributed by atoms with van der Waals surface area (Å²) < 4.78 is 45.0. The molecule has 3 aromatic carbocycles. The van der Waals surface area contributed by atoms with E-state index in [0.29, 0.717) is 58.8 Å². The zero-order valence-corrected chi connectivity index (χ0v) is 38.1. The molecule has 4 aromatic rings. The zero-order valence-electron chi connectivity index (χ0n) is 37.3. The third kappa shape index (κ3) is 6.22. The number of hydrogen-bond donors (Lipinski definition) is 3. The van der Waals surface area contributed by atoms with Gasteiger partial charge in [0.25, 0.3) is 0 Å². The third-order valence-corrected chi connectivity index (χ3v) is 15.0. The SMILES string of the molecule is C=C1OC[C@H]2c3c4c(c(C)c(OC(=O)OC(C)(C)C)c3[C@@H](SC[C@]13NCCc1c3[nH]c3ccccc13)C1[C@@H]3c5c(cc(C)c(OC)c5OC(C)(C)C)C[C@@H]([C@H](O)N12)N3C)OCO4. The van der Waals surface area contributed by atoms with Crippen LogP contribution in [0.15, 0.2) is 42.7 Å². The van der Waals surface area contributed by atoms with Crippen LogP contribution in [0.25, 0.3) is 10.9 Å². The van der Waals surface area contributed by atoms with Crippen molar-refractivity contribution in [2.75, 3.05) is 39.9 Å².